The van der Waals surface area contributed by atoms with Crippen LogP contribution in [0.2, 0.25) is 0 Å². The van der Waals surface area contributed by atoms with Crippen LogP contribution in [0.1, 0.15) is 12.1 Å². The lowest BCUT2D eigenvalue weighted by atomic mass is 10.3. The molecule has 0 aliphatic heterocycles. The Bertz CT molecular complexity index is 506. The largest absolute Gasteiger partial charge is 0.494 e. The maximum absolute atomic E-state index is 13.2. The fraction of sp³-hybridized carbons (Fsp3) is 0.286. The Morgan fingerprint density at radius 2 is 2.06 bits per heavy atom. The molecular formula is C7H5ClF3NO3S. The molecule has 0 saturated heterocycles. The molecule has 1 heterocycles. The van der Waals surface area contributed by atoms with E-state index in [1.807, 2.05) is 0 Å². The average Bonchev–Trinajstić information content (AvgIpc) is 2.15. The Morgan fingerprint density at radius 3 is 2.44 bits per heavy atom. The third-order valence-electron chi connectivity index (χ3n) is 1.60. The zero-order valence-corrected chi connectivity index (χ0v) is 9.32. The summed E-state index contributed by atoms with van der Waals surface area (Å²) in [5.41, 5.74) is -1.32. The molecule has 0 radical (unpaired) electrons. The molecule has 1 aromatic heterocycles. The molecule has 0 amide bonds. The van der Waals surface area contributed by atoms with Gasteiger partial charge in [-0.2, -0.15) is 0 Å². The van der Waals surface area contributed by atoms with Crippen LogP contribution in [0.15, 0.2) is 11.1 Å². The van der Waals surface area contributed by atoms with Gasteiger partial charge in [0.1, 0.15) is 5.69 Å². The second-order valence-electron chi connectivity index (χ2n) is 2.60. The normalized spacial score (nSPS) is 11.9. The first-order valence-electron chi connectivity index (χ1n) is 3.74. The highest BCUT2D eigenvalue weighted by Gasteiger charge is 2.24. The highest BCUT2D eigenvalue weighted by atomic mass is 35.7. The number of rotatable bonds is 3. The molecule has 4 nitrogen and oxygen atoms in total. The quantitative estimate of drug-likeness (QED) is 0.793. The van der Waals surface area contributed by atoms with Crippen LogP contribution in [0.4, 0.5) is 13.2 Å². The van der Waals surface area contributed by atoms with Crippen LogP contribution in [0.5, 0.6) is 5.75 Å². The maximum atomic E-state index is 13.2. The van der Waals surface area contributed by atoms with Gasteiger partial charge < -0.3 is 4.74 Å². The molecule has 0 bridgehead atoms. The van der Waals surface area contributed by atoms with E-state index in [0.29, 0.717) is 6.07 Å². The van der Waals surface area contributed by atoms with Crippen molar-refractivity contribution in [3.05, 3.63) is 17.6 Å². The number of aromatic nitrogens is 1. The summed E-state index contributed by atoms with van der Waals surface area (Å²) >= 11 is 0. The molecule has 1 rings (SSSR count). The summed E-state index contributed by atoms with van der Waals surface area (Å²) in [4.78, 5) is 2.93. The summed E-state index contributed by atoms with van der Waals surface area (Å²) in [6.45, 7) is 0. The van der Waals surface area contributed by atoms with E-state index in [2.05, 4.69) is 9.72 Å². The predicted octanol–water partition coefficient (Wildman–Crippen LogP) is 2.09. The van der Waals surface area contributed by atoms with Crippen molar-refractivity contribution in [3.8, 4) is 5.75 Å². The zero-order valence-electron chi connectivity index (χ0n) is 7.75. The van der Waals surface area contributed by atoms with Gasteiger partial charge >= 0.3 is 0 Å². The highest BCUT2D eigenvalue weighted by Crippen LogP contribution is 2.29. The fourth-order valence-electron chi connectivity index (χ4n) is 0.920. The van der Waals surface area contributed by atoms with Crippen molar-refractivity contribution >= 4 is 19.7 Å². The van der Waals surface area contributed by atoms with Crippen LogP contribution in [-0.2, 0) is 9.05 Å². The summed E-state index contributed by atoms with van der Waals surface area (Å²) in [5.74, 6) is -2.08. The number of hydrogen-bond donors (Lipinski definition) is 0. The molecule has 0 unspecified atom stereocenters. The van der Waals surface area contributed by atoms with E-state index in [1.165, 1.54) is 0 Å². The molecule has 0 aliphatic rings. The molecule has 1 aromatic rings. The van der Waals surface area contributed by atoms with Crippen LogP contribution < -0.4 is 4.74 Å². The summed E-state index contributed by atoms with van der Waals surface area (Å²) in [6.07, 6.45) is -3.27. The SMILES string of the molecule is COc1cc(S(=O)(=O)Cl)nc(C(F)F)c1F. The molecule has 0 N–H and O–H groups in total. The standard InChI is InChI=1S/C7H5ClF3NO3S/c1-15-3-2-4(16(8,13)14)12-6(5(3)9)7(10)11/h2,7H,1H3. The summed E-state index contributed by atoms with van der Waals surface area (Å²) < 4.78 is 64.0. The number of pyridine rings is 1. The van der Waals surface area contributed by atoms with E-state index < -0.39 is 37.8 Å². The lowest BCUT2D eigenvalue weighted by Gasteiger charge is -2.07. The van der Waals surface area contributed by atoms with E-state index in [9.17, 15) is 21.6 Å². The monoisotopic (exact) mass is 275 g/mol. The molecule has 0 aromatic carbocycles. The topological polar surface area (TPSA) is 56.3 Å². The predicted molar refractivity (Wildman–Crippen MR) is 48.7 cm³/mol. The van der Waals surface area contributed by atoms with Gasteiger partial charge in [-0.3, -0.25) is 0 Å². The van der Waals surface area contributed by atoms with Crippen molar-refractivity contribution < 1.29 is 26.3 Å². The van der Waals surface area contributed by atoms with Crippen LogP contribution in [0, 0.1) is 5.82 Å². The van der Waals surface area contributed by atoms with E-state index >= 15 is 0 Å². The molecule has 0 saturated carbocycles. The Hall–Kier alpha value is -1.02. The highest BCUT2D eigenvalue weighted by molar-refractivity contribution is 8.13. The van der Waals surface area contributed by atoms with Gasteiger partial charge in [0.25, 0.3) is 15.5 Å². The molecule has 9 heteroatoms. The van der Waals surface area contributed by atoms with Gasteiger partial charge in [0, 0.05) is 16.7 Å². The summed E-state index contributed by atoms with van der Waals surface area (Å²) in [5, 5.41) is -0.886. The molecule has 0 atom stereocenters. The molecule has 16 heavy (non-hydrogen) atoms. The van der Waals surface area contributed by atoms with E-state index in [1.54, 1.807) is 0 Å². The first kappa shape index (κ1) is 13.0. The Balaban J connectivity index is 3.53. The molecule has 0 aliphatic carbocycles. The molecule has 0 fully saturated rings. The lowest BCUT2D eigenvalue weighted by Crippen LogP contribution is -2.05. The smallest absolute Gasteiger partial charge is 0.283 e. The average molecular weight is 276 g/mol. The minimum absolute atomic E-state index is 0.629. The second kappa shape index (κ2) is 4.46. The van der Waals surface area contributed by atoms with Crippen molar-refractivity contribution in [2.75, 3.05) is 7.11 Å². The van der Waals surface area contributed by atoms with Gasteiger partial charge in [-0.1, -0.05) is 0 Å². The second-order valence-corrected chi connectivity index (χ2v) is 5.11. The van der Waals surface area contributed by atoms with Gasteiger partial charge in [0.05, 0.1) is 7.11 Å². The van der Waals surface area contributed by atoms with Gasteiger partial charge in [0.15, 0.2) is 16.6 Å². The minimum Gasteiger partial charge on any atom is -0.494 e. The third-order valence-corrected chi connectivity index (χ3v) is 2.79. The van der Waals surface area contributed by atoms with Crippen molar-refractivity contribution in [1.82, 2.24) is 4.98 Å². The van der Waals surface area contributed by atoms with Crippen molar-refractivity contribution in [1.29, 1.82) is 0 Å². The van der Waals surface area contributed by atoms with Gasteiger partial charge in [-0.15, -0.1) is 0 Å². The number of nitrogens with zero attached hydrogens (tertiary/aromatic N) is 1. The first-order valence-corrected chi connectivity index (χ1v) is 6.05. The summed E-state index contributed by atoms with van der Waals surface area (Å²) in [7, 11) is 1.57. The van der Waals surface area contributed by atoms with E-state index in [-0.39, 0.29) is 0 Å². The van der Waals surface area contributed by atoms with Crippen LogP contribution >= 0.6 is 10.7 Å². The fourth-order valence-corrected chi connectivity index (χ4v) is 1.61. The first-order chi connectivity index (χ1) is 7.27. The van der Waals surface area contributed by atoms with Crippen LogP contribution in [-0.4, -0.2) is 20.5 Å². The van der Waals surface area contributed by atoms with E-state index in [4.69, 9.17) is 10.7 Å². The summed E-state index contributed by atoms with van der Waals surface area (Å²) in [6, 6.07) is 0.629. The van der Waals surface area contributed by atoms with Crippen molar-refractivity contribution in [2.24, 2.45) is 0 Å². The van der Waals surface area contributed by atoms with Gasteiger partial charge in [-0.25, -0.2) is 26.6 Å². The molecule has 90 valence electrons. The number of halogens is 4. The Morgan fingerprint density at radius 1 is 1.50 bits per heavy atom. The molecule has 0 spiro atoms. The third kappa shape index (κ3) is 2.56. The van der Waals surface area contributed by atoms with Crippen molar-refractivity contribution in [2.45, 2.75) is 11.5 Å². The number of alkyl halides is 2. The van der Waals surface area contributed by atoms with E-state index in [0.717, 1.165) is 7.11 Å². The molecular weight excluding hydrogens is 271 g/mol. The maximum Gasteiger partial charge on any atom is 0.283 e. The van der Waals surface area contributed by atoms with Crippen molar-refractivity contribution in [3.63, 3.8) is 0 Å². The number of methoxy groups -OCH3 is 1. The zero-order chi connectivity index (χ0) is 12.5. The Kier molecular flexibility index (Phi) is 3.64. The van der Waals surface area contributed by atoms with Gasteiger partial charge in [0.2, 0.25) is 0 Å². The number of ether oxygens (including phenoxy) is 1. The van der Waals surface area contributed by atoms with Crippen LogP contribution in [0.25, 0.3) is 0 Å². The van der Waals surface area contributed by atoms with Gasteiger partial charge in [-0.05, 0) is 0 Å². The Labute approximate surface area is 93.4 Å². The minimum atomic E-state index is -4.33. The van der Waals surface area contributed by atoms with Crippen LogP contribution in [0.3, 0.4) is 0 Å². The lowest BCUT2D eigenvalue weighted by molar-refractivity contribution is 0.138. The number of hydrogen-bond acceptors (Lipinski definition) is 4.